The summed E-state index contributed by atoms with van der Waals surface area (Å²) in [7, 11) is 0. The molecule has 44 valence electrons. The van der Waals surface area contributed by atoms with Gasteiger partial charge >= 0.3 is 5.97 Å². The molecule has 2 atom stereocenters. The van der Waals surface area contributed by atoms with Crippen LogP contribution in [0.5, 0.6) is 0 Å². The van der Waals surface area contributed by atoms with Crippen LogP contribution in [0.2, 0.25) is 0 Å². The molecule has 2 saturated heterocycles. The smallest absolute Gasteiger partial charge is 0.311 e. The second-order valence-corrected chi connectivity index (χ2v) is 2.43. The highest BCUT2D eigenvalue weighted by molar-refractivity contribution is 5.74. The van der Waals surface area contributed by atoms with E-state index in [0.29, 0.717) is 6.42 Å². The van der Waals surface area contributed by atoms with Crippen molar-refractivity contribution in [2.24, 2.45) is 0 Å². The highest BCUT2D eigenvalue weighted by Gasteiger charge is 2.62. The molecule has 2 aliphatic heterocycles. The van der Waals surface area contributed by atoms with Gasteiger partial charge in [-0.1, -0.05) is 0 Å². The second kappa shape index (κ2) is 0.910. The van der Waals surface area contributed by atoms with E-state index in [-0.39, 0.29) is 17.9 Å². The number of epoxide rings is 1. The van der Waals surface area contributed by atoms with Gasteiger partial charge in [-0.25, -0.2) is 0 Å². The molecule has 0 saturated carbocycles. The Labute approximate surface area is 46.6 Å². The minimum atomic E-state index is -0.239. The van der Waals surface area contributed by atoms with Crippen molar-refractivity contribution in [3.63, 3.8) is 0 Å². The molecule has 0 N–H and O–H groups in total. The number of esters is 1. The summed E-state index contributed by atoms with van der Waals surface area (Å²) in [5, 5.41) is 0. The van der Waals surface area contributed by atoms with Crippen LogP contribution in [0.3, 0.4) is 0 Å². The number of hydrogen-bond donors (Lipinski definition) is 0. The van der Waals surface area contributed by atoms with E-state index >= 15 is 0 Å². The van der Waals surface area contributed by atoms with Crippen molar-refractivity contribution in [2.45, 2.75) is 25.2 Å². The van der Waals surface area contributed by atoms with E-state index in [4.69, 9.17) is 4.74 Å². The lowest BCUT2D eigenvalue weighted by Gasteiger charge is -1.91. The zero-order chi connectivity index (χ0) is 5.78. The molecular formula is C5H6O3. The summed E-state index contributed by atoms with van der Waals surface area (Å²) >= 11 is 0. The lowest BCUT2D eigenvalue weighted by molar-refractivity contribution is -0.147. The molecule has 0 spiro atoms. The maximum absolute atomic E-state index is 10.4. The molecule has 0 amide bonds. The number of fused-ring (bicyclic) bond motifs is 1. The van der Waals surface area contributed by atoms with Gasteiger partial charge in [0, 0.05) is 0 Å². The van der Waals surface area contributed by atoms with E-state index < -0.39 is 0 Å². The van der Waals surface area contributed by atoms with Crippen LogP contribution in [0.4, 0.5) is 0 Å². The topological polar surface area (TPSA) is 38.8 Å². The molecule has 2 heterocycles. The summed E-state index contributed by atoms with van der Waals surface area (Å²) in [6.45, 7) is 1.88. The van der Waals surface area contributed by atoms with Gasteiger partial charge in [-0.3, -0.25) is 4.79 Å². The molecular weight excluding hydrogens is 108 g/mol. The Bertz CT molecular complexity index is 154. The van der Waals surface area contributed by atoms with Crippen LogP contribution in [-0.4, -0.2) is 17.9 Å². The Kier molecular flexibility index (Phi) is 0.492. The fourth-order valence-corrected chi connectivity index (χ4v) is 0.932. The van der Waals surface area contributed by atoms with Crippen LogP contribution in [0.15, 0.2) is 0 Å². The molecule has 8 heavy (non-hydrogen) atoms. The van der Waals surface area contributed by atoms with Crippen LogP contribution in [0, 0.1) is 0 Å². The highest BCUT2D eigenvalue weighted by Crippen LogP contribution is 2.45. The van der Waals surface area contributed by atoms with Gasteiger partial charge < -0.3 is 9.47 Å². The average molecular weight is 114 g/mol. The molecule has 3 heteroatoms. The van der Waals surface area contributed by atoms with Gasteiger partial charge in [-0.15, -0.1) is 0 Å². The molecule has 3 nitrogen and oxygen atoms in total. The quantitative estimate of drug-likeness (QED) is 0.330. The zero-order valence-corrected chi connectivity index (χ0v) is 4.51. The average Bonchev–Trinajstić information content (AvgIpc) is 2.07. The first kappa shape index (κ1) is 4.32. The standard InChI is InChI=1S/C5H6O3/c1-5-2-3(6)7-4(5)8-5/h4H,2H2,1H3. The van der Waals surface area contributed by atoms with E-state index in [1.807, 2.05) is 6.92 Å². The molecule has 2 rings (SSSR count). The monoisotopic (exact) mass is 114 g/mol. The van der Waals surface area contributed by atoms with Gasteiger partial charge in [0.1, 0.15) is 5.60 Å². The third-order valence-corrected chi connectivity index (χ3v) is 1.55. The second-order valence-electron chi connectivity index (χ2n) is 2.43. The molecule has 0 aromatic rings. The third-order valence-electron chi connectivity index (χ3n) is 1.55. The Hall–Kier alpha value is -0.570. The van der Waals surface area contributed by atoms with Gasteiger partial charge in [0.2, 0.25) is 6.29 Å². The van der Waals surface area contributed by atoms with Crippen molar-refractivity contribution >= 4 is 5.97 Å². The Balaban J connectivity index is 2.21. The summed E-state index contributed by atoms with van der Waals surface area (Å²) in [6, 6.07) is 0. The van der Waals surface area contributed by atoms with E-state index in [0.717, 1.165) is 0 Å². The first-order chi connectivity index (χ1) is 3.71. The SMILES string of the molecule is CC12CC(=O)OC1O2. The van der Waals surface area contributed by atoms with Gasteiger partial charge in [0.15, 0.2) is 0 Å². The Morgan fingerprint density at radius 3 is 2.88 bits per heavy atom. The van der Waals surface area contributed by atoms with Crippen LogP contribution >= 0.6 is 0 Å². The molecule has 2 aliphatic rings. The first-order valence-electron chi connectivity index (χ1n) is 2.58. The van der Waals surface area contributed by atoms with Crippen molar-refractivity contribution in [3.05, 3.63) is 0 Å². The molecule has 2 unspecified atom stereocenters. The molecule has 0 radical (unpaired) electrons. The third kappa shape index (κ3) is 0.351. The number of rotatable bonds is 0. The summed E-state index contributed by atoms with van der Waals surface area (Å²) in [5.41, 5.74) is -0.239. The predicted octanol–water partition coefficient (Wildman–Crippen LogP) is 0.0483. The van der Waals surface area contributed by atoms with Crippen molar-refractivity contribution in [2.75, 3.05) is 0 Å². The van der Waals surface area contributed by atoms with Crippen molar-refractivity contribution < 1.29 is 14.3 Å². The van der Waals surface area contributed by atoms with E-state index in [2.05, 4.69) is 4.74 Å². The summed E-state index contributed by atoms with van der Waals surface area (Å²) < 4.78 is 9.64. The maximum atomic E-state index is 10.4. The number of carbonyl (C=O) groups is 1. The minimum Gasteiger partial charge on any atom is -0.432 e. The molecule has 0 aromatic carbocycles. The lowest BCUT2D eigenvalue weighted by Crippen LogP contribution is -2.04. The zero-order valence-electron chi connectivity index (χ0n) is 4.51. The summed E-state index contributed by atoms with van der Waals surface area (Å²) in [4.78, 5) is 10.4. The van der Waals surface area contributed by atoms with Crippen LogP contribution in [-0.2, 0) is 14.3 Å². The molecule has 0 aromatic heterocycles. The van der Waals surface area contributed by atoms with E-state index in [1.165, 1.54) is 0 Å². The van der Waals surface area contributed by atoms with Crippen molar-refractivity contribution in [3.8, 4) is 0 Å². The Morgan fingerprint density at radius 1 is 1.88 bits per heavy atom. The van der Waals surface area contributed by atoms with Crippen LogP contribution in [0.25, 0.3) is 0 Å². The van der Waals surface area contributed by atoms with E-state index in [9.17, 15) is 4.79 Å². The summed E-state index contributed by atoms with van der Waals surface area (Å²) in [6.07, 6.45) is 0.215. The summed E-state index contributed by atoms with van der Waals surface area (Å²) in [5.74, 6) is -0.135. The Morgan fingerprint density at radius 2 is 2.62 bits per heavy atom. The number of hydrogen-bond acceptors (Lipinski definition) is 3. The number of carbonyl (C=O) groups excluding carboxylic acids is 1. The fraction of sp³-hybridized carbons (Fsp3) is 0.800. The molecule has 0 bridgehead atoms. The van der Waals surface area contributed by atoms with Crippen LogP contribution < -0.4 is 0 Å². The van der Waals surface area contributed by atoms with Gasteiger partial charge in [-0.05, 0) is 6.92 Å². The first-order valence-corrected chi connectivity index (χ1v) is 2.58. The number of ether oxygens (including phenoxy) is 2. The largest absolute Gasteiger partial charge is 0.432 e. The normalized spacial score (nSPS) is 50.6. The van der Waals surface area contributed by atoms with E-state index in [1.54, 1.807) is 0 Å². The van der Waals surface area contributed by atoms with Gasteiger partial charge in [-0.2, -0.15) is 0 Å². The maximum Gasteiger partial charge on any atom is 0.311 e. The predicted molar refractivity (Wildman–Crippen MR) is 24.0 cm³/mol. The highest BCUT2D eigenvalue weighted by atomic mass is 16.8. The van der Waals surface area contributed by atoms with Crippen molar-refractivity contribution in [1.82, 2.24) is 0 Å². The van der Waals surface area contributed by atoms with Gasteiger partial charge in [0.05, 0.1) is 6.42 Å². The van der Waals surface area contributed by atoms with Crippen LogP contribution in [0.1, 0.15) is 13.3 Å². The lowest BCUT2D eigenvalue weighted by atomic mass is 10.1. The van der Waals surface area contributed by atoms with Crippen molar-refractivity contribution in [1.29, 1.82) is 0 Å². The van der Waals surface area contributed by atoms with Gasteiger partial charge in [0.25, 0.3) is 0 Å². The molecule has 0 aliphatic carbocycles. The fourth-order valence-electron chi connectivity index (χ4n) is 0.932. The molecule has 2 fully saturated rings. The minimum absolute atomic E-state index is 0.135.